The zero-order valence-electron chi connectivity index (χ0n) is 23.8. The van der Waals surface area contributed by atoms with Gasteiger partial charge in [0.2, 0.25) is 11.7 Å². The predicted octanol–water partition coefficient (Wildman–Crippen LogP) is 6.80. The second kappa shape index (κ2) is 14.3. The minimum absolute atomic E-state index is 0.0623. The third-order valence-electron chi connectivity index (χ3n) is 7.58. The van der Waals surface area contributed by atoms with Gasteiger partial charge in [0.15, 0.2) is 23.3 Å². The monoisotopic (exact) mass is 638 g/mol. The Labute approximate surface area is 253 Å². The van der Waals surface area contributed by atoms with Crippen LogP contribution in [0.5, 0.6) is 5.75 Å². The van der Waals surface area contributed by atoms with Gasteiger partial charge in [0.05, 0.1) is 13.1 Å². The molecule has 236 valence electrons. The van der Waals surface area contributed by atoms with Gasteiger partial charge in [0.25, 0.3) is 0 Å². The lowest BCUT2D eigenvalue weighted by Crippen LogP contribution is -2.41. The number of nitrogens with zero attached hydrogens (tertiary/aromatic N) is 2. The summed E-state index contributed by atoms with van der Waals surface area (Å²) in [6, 6.07) is 11.0. The third kappa shape index (κ3) is 7.10. The first-order valence-corrected chi connectivity index (χ1v) is 15.2. The first-order chi connectivity index (χ1) is 20.9. The quantitative estimate of drug-likeness (QED) is 0.137. The minimum Gasteiger partial charge on any atom is -0.507 e. The topological polar surface area (TPSA) is 98.2 Å². The van der Waals surface area contributed by atoms with Gasteiger partial charge in [-0.15, -0.1) is 0 Å². The van der Waals surface area contributed by atoms with E-state index in [1.54, 1.807) is 6.92 Å². The normalized spacial score (nSPS) is 14.5. The van der Waals surface area contributed by atoms with Crippen molar-refractivity contribution < 1.29 is 46.0 Å². The molecule has 2 N–H and O–H groups in total. The fourth-order valence-electron chi connectivity index (χ4n) is 5.28. The molecule has 1 saturated carbocycles. The van der Waals surface area contributed by atoms with E-state index in [1.165, 1.54) is 12.5 Å². The molecule has 4 rings (SSSR count). The molecule has 13 heteroatoms. The zero-order valence-corrected chi connectivity index (χ0v) is 24.6. The van der Waals surface area contributed by atoms with Crippen LogP contribution in [-0.2, 0) is 22.3 Å². The van der Waals surface area contributed by atoms with Crippen molar-refractivity contribution in [1.82, 2.24) is 4.31 Å². The molecule has 0 aromatic heterocycles. The molecule has 3 aromatic rings. The van der Waals surface area contributed by atoms with Crippen molar-refractivity contribution >= 4 is 28.5 Å². The number of rotatable bonds is 11. The van der Waals surface area contributed by atoms with E-state index in [-0.39, 0.29) is 25.2 Å². The number of amides is 1. The molecule has 0 bridgehead atoms. The number of anilines is 1. The summed E-state index contributed by atoms with van der Waals surface area (Å²) < 4.78 is 84.4. The number of halogens is 5. The molecule has 1 unspecified atom stereocenters. The number of aromatic hydroxyl groups is 1. The van der Waals surface area contributed by atoms with Crippen molar-refractivity contribution in [2.45, 2.75) is 62.8 Å². The molecule has 1 aliphatic rings. The molecule has 7 nitrogen and oxygen atoms in total. The number of phenols is 1. The summed E-state index contributed by atoms with van der Waals surface area (Å²) in [7, 11) is -2.97. The van der Waals surface area contributed by atoms with Crippen LogP contribution >= 0.6 is 0 Å². The van der Waals surface area contributed by atoms with Crippen LogP contribution < -0.4 is 4.90 Å². The number of hydrogen-bond donors (Lipinski definition) is 2. The van der Waals surface area contributed by atoms with Gasteiger partial charge in [-0.1, -0.05) is 50.5 Å². The molecule has 0 spiro atoms. The second-order valence-corrected chi connectivity index (χ2v) is 12.0. The van der Waals surface area contributed by atoms with E-state index >= 15 is 0 Å². The fourth-order valence-corrected chi connectivity index (χ4v) is 6.60. The van der Waals surface area contributed by atoms with Crippen LogP contribution in [0.3, 0.4) is 0 Å². The van der Waals surface area contributed by atoms with Gasteiger partial charge in [-0.05, 0) is 48.4 Å². The van der Waals surface area contributed by atoms with Gasteiger partial charge in [0.1, 0.15) is 27.2 Å². The smallest absolute Gasteiger partial charge is 0.339 e. The van der Waals surface area contributed by atoms with Crippen LogP contribution in [0.15, 0.2) is 47.4 Å². The predicted molar refractivity (Wildman–Crippen MR) is 153 cm³/mol. The molecular formula is C31H31F5N2O5S. The van der Waals surface area contributed by atoms with E-state index in [0.717, 1.165) is 52.6 Å². The molecule has 0 heterocycles. The maximum Gasteiger partial charge on any atom is 0.339 e. The molecule has 0 aliphatic heterocycles. The van der Waals surface area contributed by atoms with E-state index in [2.05, 4.69) is 0 Å². The lowest BCUT2D eigenvalue weighted by Gasteiger charge is -2.28. The van der Waals surface area contributed by atoms with E-state index < -0.39 is 74.7 Å². The summed E-state index contributed by atoms with van der Waals surface area (Å²) >= 11 is 0. The van der Waals surface area contributed by atoms with Crippen molar-refractivity contribution in [1.29, 1.82) is 0 Å². The van der Waals surface area contributed by atoms with Crippen LogP contribution in [0.25, 0.3) is 0 Å². The Morgan fingerprint density at radius 2 is 1.48 bits per heavy atom. The average Bonchev–Trinajstić information content (AvgIpc) is 3.02. The standard InChI is InChI=1S/C31H31F5N2O5S/c1-2-14-37(44(43)30-28(35)26(33)25(32)27(34)29(30)36)17-24(40)38(21-12-13-22(31(41)42)23(39)15-21)16-18-8-10-20(11-9-18)19-6-4-3-5-7-19/h8-13,15,19,39H,2-7,14,16-17H2,1H3,(H,41,42). The van der Waals surface area contributed by atoms with Gasteiger partial charge in [-0.3, -0.25) is 4.79 Å². The van der Waals surface area contributed by atoms with Gasteiger partial charge >= 0.3 is 5.97 Å². The average molecular weight is 639 g/mol. The van der Waals surface area contributed by atoms with Gasteiger partial charge in [0, 0.05) is 18.3 Å². The Morgan fingerprint density at radius 3 is 2.02 bits per heavy atom. The minimum atomic E-state index is -2.97. The fraction of sp³-hybridized carbons (Fsp3) is 0.355. The third-order valence-corrected chi connectivity index (χ3v) is 9.07. The highest BCUT2D eigenvalue weighted by atomic mass is 32.2. The first-order valence-electron chi connectivity index (χ1n) is 14.1. The summed E-state index contributed by atoms with van der Waals surface area (Å²) in [5.41, 5.74) is 1.45. The summed E-state index contributed by atoms with van der Waals surface area (Å²) in [4.78, 5) is 24.7. The number of carbonyl (C=O) groups excluding carboxylic acids is 1. The number of carboxylic acid groups (broad SMARTS) is 1. The maximum absolute atomic E-state index is 14.5. The Balaban J connectivity index is 1.67. The first kappa shape index (κ1) is 33.1. The number of benzene rings is 3. The van der Waals surface area contributed by atoms with Crippen molar-refractivity contribution in [2.24, 2.45) is 0 Å². The molecule has 1 aliphatic carbocycles. The Hall–Kier alpha value is -3.84. The SMILES string of the molecule is CCCN(CC(=O)N(Cc1ccc(C2CCCCC2)cc1)c1ccc(C(=O)O)c(O)c1)S(=O)c1c(F)c(F)c(F)c(F)c1F. The van der Waals surface area contributed by atoms with Crippen molar-refractivity contribution in [3.05, 3.63) is 88.2 Å². The Morgan fingerprint density at radius 1 is 0.886 bits per heavy atom. The molecule has 44 heavy (non-hydrogen) atoms. The summed E-state index contributed by atoms with van der Waals surface area (Å²) in [6.07, 6.45) is 5.84. The highest BCUT2D eigenvalue weighted by molar-refractivity contribution is 7.82. The molecule has 1 amide bonds. The number of carbonyl (C=O) groups is 2. The van der Waals surface area contributed by atoms with E-state index in [4.69, 9.17) is 0 Å². The van der Waals surface area contributed by atoms with Crippen molar-refractivity contribution in [2.75, 3.05) is 18.0 Å². The van der Waals surface area contributed by atoms with Crippen molar-refractivity contribution in [3.8, 4) is 5.75 Å². The largest absolute Gasteiger partial charge is 0.507 e. The maximum atomic E-state index is 14.5. The number of carboxylic acids is 1. The van der Waals surface area contributed by atoms with Gasteiger partial charge in [-0.2, -0.15) is 0 Å². The molecule has 0 saturated heterocycles. The zero-order chi connectivity index (χ0) is 32.1. The van der Waals surface area contributed by atoms with Crippen LogP contribution in [0, 0.1) is 29.1 Å². The molecule has 0 radical (unpaired) electrons. The van der Waals surface area contributed by atoms with Crippen LogP contribution in [0.4, 0.5) is 27.6 Å². The lowest BCUT2D eigenvalue weighted by molar-refractivity contribution is -0.118. The van der Waals surface area contributed by atoms with Crippen LogP contribution in [0.2, 0.25) is 0 Å². The molecular weight excluding hydrogens is 607 g/mol. The number of hydrogen-bond acceptors (Lipinski definition) is 4. The van der Waals surface area contributed by atoms with Crippen LogP contribution in [0.1, 0.15) is 72.9 Å². The molecule has 1 atom stereocenters. The second-order valence-electron chi connectivity index (χ2n) is 10.6. The van der Waals surface area contributed by atoms with E-state index in [0.29, 0.717) is 11.5 Å². The molecule has 3 aromatic carbocycles. The lowest BCUT2D eigenvalue weighted by atomic mass is 9.84. The van der Waals surface area contributed by atoms with E-state index in [1.807, 2.05) is 24.3 Å². The summed E-state index contributed by atoms with van der Waals surface area (Å²) in [5, 5.41) is 19.6. The van der Waals surface area contributed by atoms with Gasteiger partial charge in [-0.25, -0.2) is 35.3 Å². The molecule has 1 fully saturated rings. The van der Waals surface area contributed by atoms with Crippen LogP contribution in [-0.4, -0.2) is 43.7 Å². The highest BCUT2D eigenvalue weighted by Crippen LogP contribution is 2.33. The van der Waals surface area contributed by atoms with Crippen molar-refractivity contribution in [3.63, 3.8) is 0 Å². The number of aromatic carboxylic acids is 1. The van der Waals surface area contributed by atoms with Gasteiger partial charge < -0.3 is 15.1 Å². The summed E-state index contributed by atoms with van der Waals surface area (Å²) in [6.45, 7) is 0.513. The highest BCUT2D eigenvalue weighted by Gasteiger charge is 2.33. The Kier molecular flexibility index (Phi) is 10.7. The van der Waals surface area contributed by atoms with E-state index in [9.17, 15) is 46.0 Å². The Bertz CT molecular complexity index is 1530. The summed E-state index contributed by atoms with van der Waals surface area (Å²) in [5.74, 6) is -13.9.